The lowest BCUT2D eigenvalue weighted by Gasteiger charge is -2.12. The number of nitrogens with one attached hydrogen (secondary N) is 3. The summed E-state index contributed by atoms with van der Waals surface area (Å²) in [5, 5.41) is 31.3. The second-order valence-corrected chi connectivity index (χ2v) is 7.97. The lowest BCUT2D eigenvalue weighted by atomic mass is 10.1. The van der Waals surface area contributed by atoms with Crippen molar-refractivity contribution in [1.82, 2.24) is 20.1 Å². The molecule has 0 saturated carbocycles. The molecule has 186 valence electrons. The molecule has 1 atom stereocenters. The molecule has 0 aliphatic rings. The van der Waals surface area contributed by atoms with Crippen molar-refractivity contribution in [3.8, 4) is 17.2 Å². The number of amides is 2. The highest BCUT2D eigenvalue weighted by molar-refractivity contribution is 5.99. The van der Waals surface area contributed by atoms with E-state index in [0.29, 0.717) is 36.1 Å². The zero-order chi connectivity index (χ0) is 25.2. The number of pyridine rings is 1. The standard InChI is InChI=1S/C26H28N6O4/c33-18-22(34)17-28-13-9-19-1-5-21(6-2-19)32-25(12-16-29-32)31-26(35)30-20-3-7-23(8-4-20)36-24-10-14-27-15-11-24/h1-8,10-12,14-16,22,28,33-34H,9,13,17-18H2,(H2,30,31,35). The molecule has 1 unspecified atom stereocenters. The van der Waals surface area contributed by atoms with Crippen LogP contribution in [0.15, 0.2) is 85.3 Å². The van der Waals surface area contributed by atoms with Crippen LogP contribution in [0.4, 0.5) is 16.3 Å². The van der Waals surface area contributed by atoms with Crippen LogP contribution in [-0.4, -0.2) is 56.8 Å². The lowest BCUT2D eigenvalue weighted by molar-refractivity contribution is 0.0947. The van der Waals surface area contributed by atoms with Crippen LogP contribution in [0.3, 0.4) is 0 Å². The SMILES string of the molecule is O=C(Nc1ccc(Oc2ccncc2)cc1)Nc1ccnn1-c1ccc(CCNCC(O)CO)cc1. The fourth-order valence-electron chi connectivity index (χ4n) is 3.40. The Morgan fingerprint density at radius 3 is 2.36 bits per heavy atom. The molecule has 0 fully saturated rings. The van der Waals surface area contributed by atoms with E-state index in [1.807, 2.05) is 24.3 Å². The average Bonchev–Trinajstić information content (AvgIpc) is 3.36. The van der Waals surface area contributed by atoms with E-state index >= 15 is 0 Å². The van der Waals surface area contributed by atoms with E-state index in [-0.39, 0.29) is 6.61 Å². The van der Waals surface area contributed by atoms with Crippen molar-refractivity contribution in [3.63, 3.8) is 0 Å². The first-order valence-electron chi connectivity index (χ1n) is 11.5. The van der Waals surface area contributed by atoms with E-state index in [9.17, 15) is 9.90 Å². The number of aliphatic hydroxyl groups is 2. The van der Waals surface area contributed by atoms with Gasteiger partial charge in [0, 0.05) is 30.7 Å². The Balaban J connectivity index is 1.29. The van der Waals surface area contributed by atoms with Crippen molar-refractivity contribution >= 4 is 17.5 Å². The number of carbonyl (C=O) groups excluding carboxylic acids is 1. The number of urea groups is 1. The third-order valence-electron chi connectivity index (χ3n) is 5.24. The number of carbonyl (C=O) groups is 1. The fraction of sp³-hybridized carbons (Fsp3) is 0.192. The van der Waals surface area contributed by atoms with Crippen LogP contribution in [0.25, 0.3) is 5.69 Å². The highest BCUT2D eigenvalue weighted by atomic mass is 16.5. The minimum atomic E-state index is -0.749. The summed E-state index contributed by atoms with van der Waals surface area (Å²) in [4.78, 5) is 16.5. The molecule has 0 radical (unpaired) electrons. The minimum absolute atomic E-state index is 0.256. The zero-order valence-electron chi connectivity index (χ0n) is 19.5. The van der Waals surface area contributed by atoms with Gasteiger partial charge in [0.2, 0.25) is 0 Å². The summed E-state index contributed by atoms with van der Waals surface area (Å²) in [7, 11) is 0. The lowest BCUT2D eigenvalue weighted by Crippen LogP contribution is -2.30. The molecule has 10 nitrogen and oxygen atoms in total. The topological polar surface area (TPSA) is 134 Å². The number of hydrogen-bond donors (Lipinski definition) is 5. The van der Waals surface area contributed by atoms with E-state index in [2.05, 4.69) is 26.0 Å². The highest BCUT2D eigenvalue weighted by Crippen LogP contribution is 2.22. The van der Waals surface area contributed by atoms with E-state index in [4.69, 9.17) is 9.84 Å². The van der Waals surface area contributed by atoms with Crippen molar-refractivity contribution in [3.05, 3.63) is 90.9 Å². The van der Waals surface area contributed by atoms with Gasteiger partial charge in [0.25, 0.3) is 0 Å². The number of ether oxygens (including phenoxy) is 1. The van der Waals surface area contributed by atoms with Gasteiger partial charge in [-0.1, -0.05) is 12.1 Å². The smallest absolute Gasteiger partial charge is 0.324 e. The number of anilines is 2. The Bertz CT molecular complexity index is 1230. The van der Waals surface area contributed by atoms with Crippen molar-refractivity contribution < 1.29 is 19.7 Å². The Morgan fingerprint density at radius 1 is 0.917 bits per heavy atom. The van der Waals surface area contributed by atoms with Gasteiger partial charge in [0.05, 0.1) is 24.6 Å². The van der Waals surface area contributed by atoms with Gasteiger partial charge in [-0.15, -0.1) is 0 Å². The number of rotatable bonds is 11. The van der Waals surface area contributed by atoms with Gasteiger partial charge in [-0.25, -0.2) is 9.48 Å². The zero-order valence-corrected chi connectivity index (χ0v) is 19.5. The van der Waals surface area contributed by atoms with Gasteiger partial charge < -0.3 is 25.6 Å². The molecule has 4 rings (SSSR count). The summed E-state index contributed by atoms with van der Waals surface area (Å²) in [6.07, 6.45) is 4.95. The average molecular weight is 489 g/mol. The van der Waals surface area contributed by atoms with E-state index in [1.165, 1.54) is 0 Å². The molecule has 2 amide bonds. The number of hydrogen-bond acceptors (Lipinski definition) is 7. The summed E-state index contributed by atoms with van der Waals surface area (Å²) in [5.74, 6) is 1.85. The maximum absolute atomic E-state index is 12.6. The Kier molecular flexibility index (Phi) is 8.60. The Hall–Kier alpha value is -4.25. The normalized spacial score (nSPS) is 11.6. The number of nitrogens with zero attached hydrogens (tertiary/aromatic N) is 3. The van der Waals surface area contributed by atoms with Gasteiger partial charge >= 0.3 is 6.03 Å². The van der Waals surface area contributed by atoms with Gasteiger partial charge in [-0.05, 0) is 67.1 Å². The molecule has 0 aliphatic carbocycles. The minimum Gasteiger partial charge on any atom is -0.457 e. The first kappa shape index (κ1) is 24.9. The molecular weight excluding hydrogens is 460 g/mol. The third-order valence-corrected chi connectivity index (χ3v) is 5.24. The summed E-state index contributed by atoms with van der Waals surface area (Å²) in [6, 6.07) is 19.7. The molecule has 5 N–H and O–H groups in total. The Labute approximate surface area is 208 Å². The summed E-state index contributed by atoms with van der Waals surface area (Å²) in [5.41, 5.74) is 2.53. The number of benzene rings is 2. The maximum atomic E-state index is 12.6. The van der Waals surface area contributed by atoms with Crippen molar-refractivity contribution in [2.24, 2.45) is 0 Å². The van der Waals surface area contributed by atoms with Gasteiger partial charge in [-0.3, -0.25) is 10.3 Å². The highest BCUT2D eigenvalue weighted by Gasteiger charge is 2.10. The van der Waals surface area contributed by atoms with Gasteiger partial charge in [-0.2, -0.15) is 5.10 Å². The molecule has 4 aromatic rings. The Morgan fingerprint density at radius 2 is 1.64 bits per heavy atom. The van der Waals surface area contributed by atoms with Crippen molar-refractivity contribution in [2.45, 2.75) is 12.5 Å². The molecule has 0 aliphatic heterocycles. The molecule has 2 aromatic heterocycles. The number of aliphatic hydroxyl groups excluding tert-OH is 2. The second-order valence-electron chi connectivity index (χ2n) is 7.97. The van der Waals surface area contributed by atoms with Crippen molar-refractivity contribution in [1.29, 1.82) is 0 Å². The monoisotopic (exact) mass is 488 g/mol. The van der Waals surface area contributed by atoms with Gasteiger partial charge in [0.1, 0.15) is 17.3 Å². The molecule has 0 saturated heterocycles. The predicted octanol–water partition coefficient (Wildman–Crippen LogP) is 3.19. The van der Waals surface area contributed by atoms with Crippen LogP contribution in [0.1, 0.15) is 5.56 Å². The van der Waals surface area contributed by atoms with Crippen molar-refractivity contribution in [2.75, 3.05) is 30.3 Å². The van der Waals surface area contributed by atoms with E-state index < -0.39 is 12.1 Å². The second kappa shape index (κ2) is 12.5. The van der Waals surface area contributed by atoms with Crippen LogP contribution in [0, 0.1) is 0 Å². The third kappa shape index (κ3) is 7.12. The molecule has 0 spiro atoms. The quantitative estimate of drug-likeness (QED) is 0.205. The largest absolute Gasteiger partial charge is 0.457 e. The summed E-state index contributed by atoms with van der Waals surface area (Å²) < 4.78 is 7.38. The van der Waals surface area contributed by atoms with Crippen LogP contribution in [0.2, 0.25) is 0 Å². The molecule has 36 heavy (non-hydrogen) atoms. The van der Waals surface area contributed by atoms with Gasteiger partial charge in [0.15, 0.2) is 0 Å². The van der Waals surface area contributed by atoms with E-state index in [0.717, 1.165) is 17.7 Å². The van der Waals surface area contributed by atoms with Crippen LogP contribution in [-0.2, 0) is 6.42 Å². The summed E-state index contributed by atoms with van der Waals surface area (Å²) >= 11 is 0. The van der Waals surface area contributed by atoms with Crippen LogP contribution in [0.5, 0.6) is 11.5 Å². The van der Waals surface area contributed by atoms with E-state index in [1.54, 1.807) is 65.7 Å². The molecule has 0 bridgehead atoms. The molecule has 2 aromatic carbocycles. The molecular formula is C26H28N6O4. The fourth-order valence-corrected chi connectivity index (χ4v) is 3.40. The first-order chi connectivity index (χ1) is 17.6. The molecule has 10 heteroatoms. The van der Waals surface area contributed by atoms with Crippen LogP contribution >= 0.6 is 0 Å². The maximum Gasteiger partial charge on any atom is 0.324 e. The number of aromatic nitrogens is 3. The predicted molar refractivity (Wildman–Crippen MR) is 137 cm³/mol. The molecule has 2 heterocycles. The summed E-state index contributed by atoms with van der Waals surface area (Å²) in [6.45, 7) is 0.776. The van der Waals surface area contributed by atoms with Crippen LogP contribution < -0.4 is 20.7 Å². The first-order valence-corrected chi connectivity index (χ1v) is 11.5.